The summed E-state index contributed by atoms with van der Waals surface area (Å²) in [5, 5.41) is 1.11. The Morgan fingerprint density at radius 2 is 1.26 bits per heavy atom. The summed E-state index contributed by atoms with van der Waals surface area (Å²) in [5.41, 5.74) is 0. The third-order valence-corrected chi connectivity index (χ3v) is 93.9. The molecule has 0 aliphatic carbocycles. The zero-order valence-electron chi connectivity index (χ0n) is 15.5. The van der Waals surface area contributed by atoms with E-state index < -0.39 is 26.5 Å². The van der Waals surface area contributed by atoms with Crippen molar-refractivity contribution in [3.8, 4) is 0 Å². The summed E-state index contributed by atoms with van der Waals surface area (Å²) in [6.45, 7) is 29.7. The molecule has 1 aliphatic heterocycles. The van der Waals surface area contributed by atoms with Crippen LogP contribution in [-0.4, -0.2) is 72.0 Å². The van der Waals surface area contributed by atoms with Crippen LogP contribution in [0.2, 0.25) is 0 Å². The summed E-state index contributed by atoms with van der Waals surface area (Å²) in [6.07, 6.45) is -1.51. The molecule has 19 heavy (non-hydrogen) atoms. The molecule has 5 heteroatoms. The first-order valence-corrected chi connectivity index (χ1v) is 25.8. The molecule has 2 unspecified atom stereocenters. The molecule has 1 fully saturated rings. The molecule has 0 bridgehead atoms. The Morgan fingerprint density at radius 1 is 0.895 bits per heavy atom. The molecule has 0 saturated carbocycles. The molecule has 0 spiro atoms. The molecule has 122 valence electrons. The third-order valence-electron chi connectivity index (χ3n) is 7.35. The van der Waals surface area contributed by atoms with Crippen molar-refractivity contribution in [2.24, 2.45) is 5.92 Å². The Kier molecular flexibility index (Phi) is 4.87. The topological polar surface area (TPSA) is 0 Å². The standard InChI is InChI=1S/C14H41P5/c1-13(2)14-16(4,5)18(8,9)17(6,7)15(3)19(14,10,11)12/h13-14,16-18H,1-12H3. The van der Waals surface area contributed by atoms with Crippen molar-refractivity contribution in [2.45, 2.75) is 19.2 Å². The average Bonchev–Trinajstić information content (AvgIpc) is 2.11. The Labute approximate surface area is 125 Å². The molecule has 0 amide bonds. The molecular formula is C14H41P5. The van der Waals surface area contributed by atoms with E-state index in [2.05, 4.69) is 80.5 Å². The summed E-state index contributed by atoms with van der Waals surface area (Å²) in [4.78, 5) is 0. The fourth-order valence-electron chi connectivity index (χ4n) is 5.62. The normalized spacial score (nSPS) is 45.4. The molecule has 1 saturated heterocycles. The number of hydrogen-bond acceptors (Lipinski definition) is 0. The quantitative estimate of drug-likeness (QED) is 0.484. The van der Waals surface area contributed by atoms with Gasteiger partial charge in [0.2, 0.25) is 0 Å². The third kappa shape index (κ3) is 2.44. The molecular weight excluding hydrogens is 323 g/mol. The molecule has 1 rings (SSSR count). The van der Waals surface area contributed by atoms with Crippen molar-refractivity contribution >= 4 is 33.8 Å². The first kappa shape index (κ1) is 19.2. The van der Waals surface area contributed by atoms with Crippen LogP contribution in [-0.2, 0) is 0 Å². The van der Waals surface area contributed by atoms with Gasteiger partial charge in [-0.25, -0.2) is 0 Å². The summed E-state index contributed by atoms with van der Waals surface area (Å²) in [7, 11) is 0.288. The van der Waals surface area contributed by atoms with Crippen LogP contribution in [0.3, 0.4) is 0 Å². The Morgan fingerprint density at radius 3 is 1.58 bits per heavy atom. The first-order chi connectivity index (χ1) is 8.00. The van der Waals surface area contributed by atoms with Gasteiger partial charge in [0, 0.05) is 0 Å². The van der Waals surface area contributed by atoms with Crippen LogP contribution in [0.5, 0.6) is 0 Å². The molecule has 2 atom stereocenters. The fourth-order valence-corrected chi connectivity index (χ4v) is 127. The van der Waals surface area contributed by atoms with E-state index in [9.17, 15) is 0 Å². The second-order valence-electron chi connectivity index (χ2n) is 9.95. The second-order valence-corrected chi connectivity index (χ2v) is 58.6. The second kappa shape index (κ2) is 4.82. The van der Waals surface area contributed by atoms with Gasteiger partial charge in [-0.2, -0.15) is 0 Å². The van der Waals surface area contributed by atoms with Gasteiger partial charge >= 0.3 is 126 Å². The van der Waals surface area contributed by atoms with Gasteiger partial charge in [0.25, 0.3) is 0 Å². The zero-order chi connectivity index (χ0) is 15.7. The van der Waals surface area contributed by atoms with Crippen LogP contribution in [0.4, 0.5) is 0 Å². The molecule has 0 nitrogen and oxygen atoms in total. The van der Waals surface area contributed by atoms with Gasteiger partial charge in [-0.05, 0) is 0 Å². The molecule has 0 aromatic heterocycles. The monoisotopic (exact) mass is 364 g/mol. The van der Waals surface area contributed by atoms with E-state index in [0.717, 1.165) is 11.3 Å². The van der Waals surface area contributed by atoms with Gasteiger partial charge in [0.05, 0.1) is 0 Å². The van der Waals surface area contributed by atoms with Gasteiger partial charge < -0.3 is 0 Å². The van der Waals surface area contributed by atoms with Gasteiger partial charge in [-0.3, -0.25) is 0 Å². The minimum atomic E-state index is -1.51. The average molecular weight is 364 g/mol. The van der Waals surface area contributed by atoms with E-state index in [1.165, 1.54) is 0 Å². The Bertz CT molecular complexity index is 373. The van der Waals surface area contributed by atoms with Crippen LogP contribution in [0.25, 0.3) is 0 Å². The van der Waals surface area contributed by atoms with Crippen LogP contribution < -0.4 is 0 Å². The summed E-state index contributed by atoms with van der Waals surface area (Å²) < 4.78 is 0. The molecule has 1 heterocycles. The van der Waals surface area contributed by atoms with Crippen LogP contribution in [0, 0.1) is 5.92 Å². The van der Waals surface area contributed by atoms with Crippen LogP contribution in [0.1, 0.15) is 13.8 Å². The summed E-state index contributed by atoms with van der Waals surface area (Å²) in [5.74, 6) is 0.904. The van der Waals surface area contributed by atoms with Crippen LogP contribution in [0.15, 0.2) is 0 Å². The van der Waals surface area contributed by atoms with Crippen molar-refractivity contribution in [1.29, 1.82) is 0 Å². The van der Waals surface area contributed by atoms with Gasteiger partial charge in [0.1, 0.15) is 0 Å². The van der Waals surface area contributed by atoms with Crippen molar-refractivity contribution in [1.82, 2.24) is 0 Å². The maximum atomic E-state index is 2.80. The molecule has 0 aromatic carbocycles. The van der Waals surface area contributed by atoms with E-state index in [-0.39, 0.29) is 7.30 Å². The van der Waals surface area contributed by atoms with Gasteiger partial charge in [0.15, 0.2) is 0 Å². The van der Waals surface area contributed by atoms with E-state index in [4.69, 9.17) is 0 Å². The summed E-state index contributed by atoms with van der Waals surface area (Å²) >= 11 is 0. The summed E-state index contributed by atoms with van der Waals surface area (Å²) in [6, 6.07) is 0. The molecule has 0 aromatic rings. The maximum absolute atomic E-state index is 2.80. The van der Waals surface area contributed by atoms with E-state index in [1.807, 2.05) is 0 Å². The van der Waals surface area contributed by atoms with Crippen molar-refractivity contribution in [2.75, 3.05) is 66.6 Å². The zero-order valence-corrected chi connectivity index (χ0v) is 20.3. The van der Waals surface area contributed by atoms with E-state index in [0.29, 0.717) is 0 Å². The molecule has 1 aliphatic rings. The number of hydrogen-bond donors (Lipinski definition) is 0. The Balaban J connectivity index is 3.67. The van der Waals surface area contributed by atoms with Gasteiger partial charge in [-0.1, -0.05) is 0 Å². The molecule has 0 radical (unpaired) electrons. The van der Waals surface area contributed by atoms with E-state index >= 15 is 0 Å². The fraction of sp³-hybridized carbons (Fsp3) is 1.00. The minimum absolute atomic E-state index is 0.288. The predicted molar refractivity (Wildman–Crippen MR) is 117 cm³/mol. The predicted octanol–water partition coefficient (Wildman–Crippen LogP) is 6.23. The van der Waals surface area contributed by atoms with Crippen molar-refractivity contribution in [3.05, 3.63) is 0 Å². The SMILES string of the molecule is CC(C)C1[PH](C)(C)[PH](C)(C)[PH](C)(C)P(C)P1(C)(C)C. The van der Waals surface area contributed by atoms with Gasteiger partial charge in [-0.15, -0.1) is 0 Å². The first-order valence-electron chi connectivity index (χ1n) is 7.75. The van der Waals surface area contributed by atoms with Crippen molar-refractivity contribution < 1.29 is 0 Å². The van der Waals surface area contributed by atoms with E-state index in [1.54, 1.807) is 0 Å². The number of rotatable bonds is 1. The Hall–Kier alpha value is 2.15. The van der Waals surface area contributed by atoms with Crippen molar-refractivity contribution in [3.63, 3.8) is 0 Å². The van der Waals surface area contributed by atoms with Crippen LogP contribution >= 0.6 is 33.8 Å². The molecule has 0 N–H and O–H groups in total.